The number of ether oxygens (including phenoxy) is 1. The number of cyclic esters (lactones) is 1. The van der Waals surface area contributed by atoms with Crippen LogP contribution >= 0.6 is 0 Å². The normalized spacial score (nSPS) is 24.2. The summed E-state index contributed by atoms with van der Waals surface area (Å²) in [4.78, 5) is 12.9. The van der Waals surface area contributed by atoms with Gasteiger partial charge in [0.15, 0.2) is 16.6 Å². The van der Waals surface area contributed by atoms with E-state index in [1.54, 1.807) is 0 Å². The van der Waals surface area contributed by atoms with Crippen molar-refractivity contribution in [1.29, 1.82) is 0 Å². The molecule has 0 N–H and O–H groups in total. The molecule has 160 valence electrons. The summed E-state index contributed by atoms with van der Waals surface area (Å²) in [5.74, 6) is -0.491. The van der Waals surface area contributed by atoms with Crippen molar-refractivity contribution >= 4 is 22.6 Å². The standard InChI is InChI=1S/C21H44O4Si2/c1-13-21(14-2)17(25-27(11,12)20(6,7)8)16(18(22)24-21)15-23-26(9,10)19(3,4)5/h16-17H,13-15H2,1-12H3/t16-,17-/m0/s1. The van der Waals surface area contributed by atoms with Crippen molar-refractivity contribution in [3.8, 4) is 0 Å². The van der Waals surface area contributed by atoms with E-state index < -0.39 is 22.2 Å². The van der Waals surface area contributed by atoms with Crippen LogP contribution in [0.4, 0.5) is 0 Å². The Labute approximate surface area is 170 Å². The highest BCUT2D eigenvalue weighted by atomic mass is 28.4. The fraction of sp³-hybridized carbons (Fsp3) is 0.952. The Bertz CT molecular complexity index is 525. The fourth-order valence-corrected chi connectivity index (χ4v) is 5.37. The Balaban J connectivity index is 3.18. The molecule has 2 atom stereocenters. The van der Waals surface area contributed by atoms with Gasteiger partial charge in [-0.3, -0.25) is 4.79 Å². The van der Waals surface area contributed by atoms with Crippen LogP contribution in [0.25, 0.3) is 0 Å². The minimum absolute atomic E-state index is 0.0801. The van der Waals surface area contributed by atoms with Gasteiger partial charge in [-0.1, -0.05) is 55.4 Å². The number of carbonyl (C=O) groups excluding carboxylic acids is 1. The molecule has 6 heteroatoms. The van der Waals surface area contributed by atoms with E-state index in [0.29, 0.717) is 6.61 Å². The first-order chi connectivity index (χ1) is 11.9. The van der Waals surface area contributed by atoms with Gasteiger partial charge in [-0.15, -0.1) is 0 Å². The molecule has 0 spiro atoms. The molecule has 4 nitrogen and oxygen atoms in total. The molecule has 0 bridgehead atoms. The zero-order chi connectivity index (χ0) is 21.5. The molecule has 1 aliphatic heterocycles. The quantitative estimate of drug-likeness (QED) is 0.370. The van der Waals surface area contributed by atoms with E-state index in [9.17, 15) is 4.79 Å². The largest absolute Gasteiger partial charge is 0.456 e. The molecule has 0 aromatic rings. The zero-order valence-corrected chi connectivity index (χ0v) is 21.9. The highest BCUT2D eigenvalue weighted by Gasteiger charge is 2.57. The van der Waals surface area contributed by atoms with E-state index in [4.69, 9.17) is 13.6 Å². The summed E-state index contributed by atoms with van der Waals surface area (Å²) in [5.41, 5.74) is -0.534. The maximum absolute atomic E-state index is 12.9. The monoisotopic (exact) mass is 416 g/mol. The number of esters is 1. The topological polar surface area (TPSA) is 44.8 Å². The average molecular weight is 417 g/mol. The number of hydrogen-bond acceptors (Lipinski definition) is 4. The van der Waals surface area contributed by atoms with Crippen molar-refractivity contribution in [3.05, 3.63) is 0 Å². The molecule has 1 aliphatic rings. The maximum Gasteiger partial charge on any atom is 0.314 e. The molecule has 0 amide bonds. The summed E-state index contributed by atoms with van der Waals surface area (Å²) in [6.07, 6.45) is 1.31. The third kappa shape index (κ3) is 5.06. The van der Waals surface area contributed by atoms with Gasteiger partial charge >= 0.3 is 5.97 Å². The lowest BCUT2D eigenvalue weighted by molar-refractivity contribution is -0.153. The summed E-state index contributed by atoms with van der Waals surface area (Å²) in [6, 6.07) is 0. The second-order valence-electron chi connectivity index (χ2n) is 11.2. The SMILES string of the molecule is CCC1(CC)OC(=O)[C@@H](CO[Si](C)(C)C(C)(C)C)[C@@H]1O[Si](C)(C)C(C)(C)C. The van der Waals surface area contributed by atoms with Crippen LogP contribution in [0.15, 0.2) is 0 Å². The summed E-state index contributed by atoms with van der Waals surface area (Å²) in [6.45, 7) is 26.9. The first-order valence-electron chi connectivity index (χ1n) is 10.5. The second-order valence-corrected chi connectivity index (χ2v) is 20.7. The van der Waals surface area contributed by atoms with Gasteiger partial charge in [0.25, 0.3) is 0 Å². The van der Waals surface area contributed by atoms with Crippen molar-refractivity contribution in [3.63, 3.8) is 0 Å². The predicted octanol–water partition coefficient (Wildman–Crippen LogP) is 6.13. The van der Waals surface area contributed by atoms with Crippen molar-refractivity contribution in [2.75, 3.05) is 6.61 Å². The maximum atomic E-state index is 12.9. The van der Waals surface area contributed by atoms with Crippen LogP contribution in [0.2, 0.25) is 36.3 Å². The summed E-state index contributed by atoms with van der Waals surface area (Å²) in [5, 5.41) is 0.189. The van der Waals surface area contributed by atoms with Crippen LogP contribution in [0.5, 0.6) is 0 Å². The highest BCUT2D eigenvalue weighted by molar-refractivity contribution is 6.74. The minimum Gasteiger partial charge on any atom is -0.456 e. The molecule has 27 heavy (non-hydrogen) atoms. The van der Waals surface area contributed by atoms with Crippen LogP contribution < -0.4 is 0 Å². The van der Waals surface area contributed by atoms with Crippen molar-refractivity contribution in [2.45, 2.75) is 116 Å². The van der Waals surface area contributed by atoms with Gasteiger partial charge in [0, 0.05) is 6.61 Å². The molecule has 0 unspecified atom stereocenters. The lowest BCUT2D eigenvalue weighted by Gasteiger charge is -2.44. The van der Waals surface area contributed by atoms with Gasteiger partial charge in [-0.2, -0.15) is 0 Å². The third-order valence-corrected chi connectivity index (χ3v) is 16.3. The van der Waals surface area contributed by atoms with E-state index >= 15 is 0 Å². The fourth-order valence-electron chi connectivity index (χ4n) is 2.97. The van der Waals surface area contributed by atoms with Crippen LogP contribution in [0.1, 0.15) is 68.2 Å². The Morgan fingerprint density at radius 1 is 0.926 bits per heavy atom. The van der Waals surface area contributed by atoms with Gasteiger partial charge in [0.2, 0.25) is 0 Å². The molecular weight excluding hydrogens is 372 g/mol. The lowest BCUT2D eigenvalue weighted by atomic mass is 9.86. The molecule has 0 aliphatic carbocycles. The smallest absolute Gasteiger partial charge is 0.314 e. The first kappa shape index (κ1) is 24.9. The van der Waals surface area contributed by atoms with E-state index in [-0.39, 0.29) is 28.1 Å². The van der Waals surface area contributed by atoms with E-state index in [1.165, 1.54) is 0 Å². The summed E-state index contributed by atoms with van der Waals surface area (Å²) >= 11 is 0. The number of rotatable bonds is 7. The van der Waals surface area contributed by atoms with Gasteiger partial charge in [-0.25, -0.2) is 0 Å². The Morgan fingerprint density at radius 3 is 1.74 bits per heavy atom. The van der Waals surface area contributed by atoms with Crippen LogP contribution in [0, 0.1) is 5.92 Å². The third-order valence-electron chi connectivity index (χ3n) is 7.35. The van der Waals surface area contributed by atoms with Crippen LogP contribution in [-0.2, 0) is 18.4 Å². The lowest BCUT2D eigenvalue weighted by Crippen LogP contribution is -2.53. The van der Waals surface area contributed by atoms with E-state index in [2.05, 4.69) is 81.6 Å². The first-order valence-corrected chi connectivity index (χ1v) is 16.3. The Morgan fingerprint density at radius 2 is 1.37 bits per heavy atom. The highest BCUT2D eigenvalue weighted by Crippen LogP contribution is 2.46. The Hall–Kier alpha value is -0.176. The van der Waals surface area contributed by atoms with Gasteiger partial charge in [-0.05, 0) is 49.1 Å². The number of carbonyl (C=O) groups is 1. The van der Waals surface area contributed by atoms with Crippen molar-refractivity contribution < 1.29 is 18.4 Å². The van der Waals surface area contributed by atoms with Crippen molar-refractivity contribution in [1.82, 2.24) is 0 Å². The molecule has 1 heterocycles. The van der Waals surface area contributed by atoms with Gasteiger partial charge < -0.3 is 13.6 Å². The number of hydrogen-bond donors (Lipinski definition) is 0. The van der Waals surface area contributed by atoms with Gasteiger partial charge in [0.1, 0.15) is 17.6 Å². The predicted molar refractivity (Wildman–Crippen MR) is 118 cm³/mol. The molecule has 1 rings (SSSR count). The van der Waals surface area contributed by atoms with Crippen LogP contribution in [0.3, 0.4) is 0 Å². The van der Waals surface area contributed by atoms with Gasteiger partial charge in [0.05, 0.1) is 0 Å². The van der Waals surface area contributed by atoms with Crippen LogP contribution in [-0.4, -0.2) is 40.9 Å². The molecular formula is C21H44O4Si2. The Kier molecular flexibility index (Phi) is 7.29. The minimum atomic E-state index is -2.05. The molecule has 0 aromatic heterocycles. The molecule has 1 fully saturated rings. The molecule has 0 aromatic carbocycles. The molecule has 0 radical (unpaired) electrons. The van der Waals surface area contributed by atoms with E-state index in [0.717, 1.165) is 12.8 Å². The zero-order valence-electron chi connectivity index (χ0n) is 19.9. The van der Waals surface area contributed by atoms with Crippen molar-refractivity contribution in [2.24, 2.45) is 5.92 Å². The average Bonchev–Trinajstić information content (AvgIpc) is 2.74. The summed E-state index contributed by atoms with van der Waals surface area (Å²) in [7, 11) is -4.00. The second kappa shape index (κ2) is 7.92. The molecule has 1 saturated heterocycles. The summed E-state index contributed by atoms with van der Waals surface area (Å²) < 4.78 is 19.2. The molecule has 0 saturated carbocycles. The van der Waals surface area contributed by atoms with E-state index in [1.807, 2.05) is 0 Å².